The second kappa shape index (κ2) is 5.19. The highest BCUT2D eigenvalue weighted by molar-refractivity contribution is 5.97. The summed E-state index contributed by atoms with van der Waals surface area (Å²) in [7, 11) is 1.59. The summed E-state index contributed by atoms with van der Waals surface area (Å²) in [6.45, 7) is 8.72. The van der Waals surface area contributed by atoms with Gasteiger partial charge in [0.25, 0.3) is 11.5 Å². The molecule has 1 aliphatic rings. The van der Waals surface area contributed by atoms with Crippen molar-refractivity contribution in [2.24, 2.45) is 0 Å². The Bertz CT molecular complexity index is 828. The van der Waals surface area contributed by atoms with Crippen LogP contribution in [0.15, 0.2) is 10.9 Å². The molecule has 0 saturated carbocycles. The van der Waals surface area contributed by atoms with Crippen molar-refractivity contribution in [2.45, 2.75) is 45.7 Å². The highest BCUT2D eigenvalue weighted by Gasteiger charge is 2.35. The Morgan fingerprint density at radius 3 is 2.70 bits per heavy atom. The maximum atomic E-state index is 12.7. The number of nitrogens with zero attached hydrogens (tertiary/aromatic N) is 3. The van der Waals surface area contributed by atoms with E-state index < -0.39 is 0 Å². The van der Waals surface area contributed by atoms with E-state index in [1.807, 2.05) is 33.8 Å². The van der Waals surface area contributed by atoms with Crippen molar-refractivity contribution in [3.63, 3.8) is 0 Å². The molecule has 0 saturated heterocycles. The van der Waals surface area contributed by atoms with Gasteiger partial charge in [0.05, 0.1) is 30.5 Å². The maximum absolute atomic E-state index is 12.7. The van der Waals surface area contributed by atoms with E-state index in [1.54, 1.807) is 12.0 Å². The van der Waals surface area contributed by atoms with Crippen LogP contribution in [0.4, 0.5) is 0 Å². The molecule has 3 heterocycles. The lowest BCUT2D eigenvalue weighted by Gasteiger charge is -2.22. The molecule has 1 N–H and O–H groups in total. The predicted octanol–water partition coefficient (Wildman–Crippen LogP) is 1.31. The summed E-state index contributed by atoms with van der Waals surface area (Å²) in [6, 6.07) is 1.74. The molecule has 0 spiro atoms. The lowest BCUT2D eigenvalue weighted by Crippen LogP contribution is -2.36. The molecule has 0 unspecified atom stereocenters. The molecule has 0 aliphatic carbocycles. The second-order valence-corrected chi connectivity index (χ2v) is 7.10. The molecule has 7 nitrogen and oxygen atoms in total. The van der Waals surface area contributed by atoms with Gasteiger partial charge in [0.2, 0.25) is 0 Å². The van der Waals surface area contributed by atoms with Crippen molar-refractivity contribution in [3.8, 4) is 0 Å². The summed E-state index contributed by atoms with van der Waals surface area (Å²) in [5.74, 6) is -0.164. The average Bonchev–Trinajstić information content (AvgIpc) is 3.02. The molecular weight excluding hydrogens is 296 g/mol. The standard InChI is InChI=1S/C16H22N4O3/c1-9(8-23-5)19-7-10-13(15(19)22)17-12-6-11(16(2,3)4)18-20(12)14(10)21/h6,9,17H,7-8H2,1-5H3/t9-/m1/s1. The first kappa shape index (κ1) is 15.7. The van der Waals surface area contributed by atoms with E-state index in [-0.39, 0.29) is 29.5 Å². The highest BCUT2D eigenvalue weighted by Crippen LogP contribution is 2.24. The Kier molecular flexibility index (Phi) is 3.55. The molecule has 2 aromatic heterocycles. The Hall–Kier alpha value is -2.15. The number of nitrogens with one attached hydrogen (secondary N) is 1. The van der Waals surface area contributed by atoms with E-state index in [4.69, 9.17) is 4.74 Å². The number of methoxy groups -OCH3 is 1. The molecule has 124 valence electrons. The van der Waals surface area contributed by atoms with Crippen molar-refractivity contribution in [1.29, 1.82) is 0 Å². The van der Waals surface area contributed by atoms with Crippen LogP contribution >= 0.6 is 0 Å². The van der Waals surface area contributed by atoms with Crippen LogP contribution in [-0.4, -0.2) is 45.2 Å². The number of rotatable bonds is 3. The monoisotopic (exact) mass is 318 g/mol. The molecule has 1 atom stereocenters. The van der Waals surface area contributed by atoms with Crippen LogP contribution in [0.5, 0.6) is 0 Å². The number of fused-ring (bicyclic) bond motifs is 2. The van der Waals surface area contributed by atoms with Gasteiger partial charge in [-0.2, -0.15) is 9.61 Å². The molecule has 23 heavy (non-hydrogen) atoms. The Morgan fingerprint density at radius 2 is 2.09 bits per heavy atom. The molecule has 0 radical (unpaired) electrons. The van der Waals surface area contributed by atoms with Crippen LogP contribution in [0, 0.1) is 0 Å². The number of carbonyl (C=O) groups excluding carboxylic acids is 1. The van der Waals surface area contributed by atoms with Gasteiger partial charge in [0, 0.05) is 18.6 Å². The smallest absolute Gasteiger partial charge is 0.280 e. The number of ether oxygens (including phenoxy) is 1. The first-order valence-corrected chi connectivity index (χ1v) is 7.69. The average molecular weight is 318 g/mol. The van der Waals surface area contributed by atoms with Crippen LogP contribution in [0.25, 0.3) is 5.65 Å². The first-order chi connectivity index (χ1) is 10.7. The fourth-order valence-electron chi connectivity index (χ4n) is 2.83. The molecule has 3 rings (SSSR count). The molecule has 7 heteroatoms. The van der Waals surface area contributed by atoms with Gasteiger partial charge in [-0.1, -0.05) is 20.8 Å². The molecule has 0 fully saturated rings. The minimum atomic E-state index is -0.232. The molecule has 1 aliphatic heterocycles. The molecule has 0 aromatic carbocycles. The van der Waals surface area contributed by atoms with Gasteiger partial charge >= 0.3 is 0 Å². The van der Waals surface area contributed by atoms with Crippen molar-refractivity contribution in [1.82, 2.24) is 19.5 Å². The van der Waals surface area contributed by atoms with Gasteiger partial charge in [0.1, 0.15) is 11.3 Å². The van der Waals surface area contributed by atoms with Gasteiger partial charge in [-0.3, -0.25) is 9.59 Å². The van der Waals surface area contributed by atoms with Gasteiger partial charge in [0.15, 0.2) is 0 Å². The van der Waals surface area contributed by atoms with Gasteiger partial charge in [-0.15, -0.1) is 0 Å². The summed E-state index contributed by atoms with van der Waals surface area (Å²) in [4.78, 5) is 30.0. The van der Waals surface area contributed by atoms with E-state index in [9.17, 15) is 9.59 Å². The number of carbonyl (C=O) groups is 1. The summed E-state index contributed by atoms with van der Waals surface area (Å²) < 4.78 is 6.47. The van der Waals surface area contributed by atoms with E-state index in [2.05, 4.69) is 10.1 Å². The van der Waals surface area contributed by atoms with Crippen molar-refractivity contribution >= 4 is 11.6 Å². The Morgan fingerprint density at radius 1 is 1.39 bits per heavy atom. The van der Waals surface area contributed by atoms with E-state index in [0.29, 0.717) is 23.5 Å². The largest absolute Gasteiger partial charge is 0.383 e. The molecular formula is C16H22N4O3. The number of hydrogen-bond acceptors (Lipinski definition) is 4. The zero-order valence-corrected chi connectivity index (χ0v) is 14.1. The minimum Gasteiger partial charge on any atom is -0.383 e. The zero-order valence-electron chi connectivity index (χ0n) is 14.1. The van der Waals surface area contributed by atoms with E-state index >= 15 is 0 Å². The summed E-state index contributed by atoms with van der Waals surface area (Å²) in [5, 5.41) is 4.41. The number of H-pyrrole nitrogens is 1. The van der Waals surface area contributed by atoms with Crippen LogP contribution in [-0.2, 0) is 16.7 Å². The quantitative estimate of drug-likeness (QED) is 0.925. The number of aromatic amines is 1. The number of hydrogen-bond donors (Lipinski definition) is 1. The van der Waals surface area contributed by atoms with Crippen LogP contribution in [0.2, 0.25) is 0 Å². The van der Waals surface area contributed by atoms with Crippen LogP contribution in [0.1, 0.15) is 49.4 Å². The van der Waals surface area contributed by atoms with Crippen LogP contribution in [0.3, 0.4) is 0 Å². The lowest BCUT2D eigenvalue weighted by molar-refractivity contribution is 0.0584. The van der Waals surface area contributed by atoms with Gasteiger partial charge in [-0.05, 0) is 6.92 Å². The number of aromatic nitrogens is 3. The van der Waals surface area contributed by atoms with Crippen molar-refractivity contribution < 1.29 is 9.53 Å². The topological polar surface area (TPSA) is 79.7 Å². The number of amides is 1. The molecule has 2 aromatic rings. The SMILES string of the molecule is COC[C@@H](C)N1Cc2c([nH]c3cc(C(C)(C)C)nn3c2=O)C1=O. The summed E-state index contributed by atoms with van der Waals surface area (Å²) >= 11 is 0. The predicted molar refractivity (Wildman–Crippen MR) is 85.7 cm³/mol. The Labute approximate surface area is 134 Å². The first-order valence-electron chi connectivity index (χ1n) is 7.69. The van der Waals surface area contributed by atoms with Gasteiger partial charge < -0.3 is 14.6 Å². The van der Waals surface area contributed by atoms with Crippen molar-refractivity contribution in [3.05, 3.63) is 33.4 Å². The summed E-state index contributed by atoms with van der Waals surface area (Å²) in [6.07, 6.45) is 0. The van der Waals surface area contributed by atoms with E-state index in [0.717, 1.165) is 5.69 Å². The summed E-state index contributed by atoms with van der Waals surface area (Å²) in [5.41, 5.74) is 1.80. The Balaban J connectivity index is 2.09. The third kappa shape index (κ3) is 2.45. The molecule has 1 amide bonds. The lowest BCUT2D eigenvalue weighted by atomic mass is 9.93. The third-order valence-electron chi connectivity index (χ3n) is 4.23. The molecule has 0 bridgehead atoms. The fourth-order valence-corrected chi connectivity index (χ4v) is 2.83. The zero-order chi connectivity index (χ0) is 16.9. The highest BCUT2D eigenvalue weighted by atomic mass is 16.5. The van der Waals surface area contributed by atoms with Gasteiger partial charge in [-0.25, -0.2) is 0 Å². The van der Waals surface area contributed by atoms with Crippen LogP contribution < -0.4 is 5.56 Å². The minimum absolute atomic E-state index is 0.0924. The third-order valence-corrected chi connectivity index (χ3v) is 4.23. The van der Waals surface area contributed by atoms with Crippen molar-refractivity contribution in [2.75, 3.05) is 13.7 Å². The fraction of sp³-hybridized carbons (Fsp3) is 0.562. The normalized spacial score (nSPS) is 16.2. The van der Waals surface area contributed by atoms with E-state index in [1.165, 1.54) is 4.52 Å². The maximum Gasteiger partial charge on any atom is 0.280 e. The second-order valence-electron chi connectivity index (χ2n) is 7.10.